The van der Waals surface area contributed by atoms with Crippen LogP contribution in [0.4, 0.5) is 0 Å². The topological polar surface area (TPSA) is 161 Å². The fourth-order valence-corrected chi connectivity index (χ4v) is 9.09. The molecule has 15 heteroatoms. The summed E-state index contributed by atoms with van der Waals surface area (Å²) in [6.45, 7) is 6.89. The van der Waals surface area contributed by atoms with Gasteiger partial charge in [-0.25, -0.2) is 27.5 Å². The van der Waals surface area contributed by atoms with Crippen LogP contribution in [0.25, 0.3) is 26.7 Å². The number of sulfonamides is 1. The first kappa shape index (κ1) is 32.5. The highest BCUT2D eigenvalue weighted by Crippen LogP contribution is 2.42. The molecule has 1 saturated carbocycles. The Morgan fingerprint density at radius 2 is 1.92 bits per heavy atom. The molecule has 1 amide bonds. The van der Waals surface area contributed by atoms with E-state index in [4.69, 9.17) is 18.6 Å². The molecular weight excluding hydrogens is 661 g/mol. The second-order valence-corrected chi connectivity index (χ2v) is 16.1. The zero-order valence-electron chi connectivity index (χ0n) is 26.8. The van der Waals surface area contributed by atoms with Crippen LogP contribution < -0.4 is 20.7 Å². The van der Waals surface area contributed by atoms with Crippen molar-refractivity contribution in [2.45, 2.75) is 88.1 Å². The minimum absolute atomic E-state index is 0.0705. The third-order valence-corrected chi connectivity index (χ3v) is 13.1. The summed E-state index contributed by atoms with van der Waals surface area (Å²) in [6.07, 6.45) is 6.30. The molecule has 1 unspecified atom stereocenters. The maximum absolute atomic E-state index is 14.5. The number of ether oxygens (including phenoxy) is 3. The van der Waals surface area contributed by atoms with Gasteiger partial charge in [0.25, 0.3) is 11.5 Å². The molecule has 2 bridgehead atoms. The number of aromatic nitrogens is 3. The van der Waals surface area contributed by atoms with Gasteiger partial charge in [-0.2, -0.15) is 0 Å². The molecule has 4 atom stereocenters. The molecule has 1 aromatic carbocycles. The smallest absolute Gasteiger partial charge is 0.337 e. The lowest BCUT2D eigenvalue weighted by molar-refractivity contribution is -0.114. The van der Waals surface area contributed by atoms with Crippen LogP contribution in [0.2, 0.25) is 0 Å². The summed E-state index contributed by atoms with van der Waals surface area (Å²) in [6, 6.07) is 7.36. The zero-order chi connectivity index (χ0) is 34.0. The lowest BCUT2D eigenvalue weighted by atomic mass is 10.0. The Bertz CT molecular complexity index is 2130. The van der Waals surface area contributed by atoms with E-state index >= 15 is 0 Å². The van der Waals surface area contributed by atoms with E-state index in [0.29, 0.717) is 56.8 Å². The lowest BCUT2D eigenvalue weighted by Gasteiger charge is -2.32. The van der Waals surface area contributed by atoms with Gasteiger partial charge in [0.05, 0.1) is 53.2 Å². The number of amides is 1. The molecule has 0 radical (unpaired) electrons. The average molecular weight is 697 g/mol. The highest BCUT2D eigenvalue weighted by atomic mass is 32.2. The number of hydrogen-bond acceptors (Lipinski definition) is 11. The van der Waals surface area contributed by atoms with Gasteiger partial charge in [0.15, 0.2) is 0 Å². The van der Waals surface area contributed by atoms with Gasteiger partial charge >= 0.3 is 5.69 Å². The zero-order valence-corrected chi connectivity index (χ0v) is 28.4. The maximum Gasteiger partial charge on any atom is 0.337 e. The van der Waals surface area contributed by atoms with Gasteiger partial charge < -0.3 is 18.6 Å². The number of aryl methyl sites for hydroxylation is 1. The van der Waals surface area contributed by atoms with E-state index in [1.165, 1.54) is 24.0 Å². The molecule has 5 heterocycles. The van der Waals surface area contributed by atoms with Crippen molar-refractivity contribution in [2.24, 2.45) is 0 Å². The van der Waals surface area contributed by atoms with Crippen molar-refractivity contribution in [1.82, 2.24) is 18.8 Å². The van der Waals surface area contributed by atoms with E-state index in [1.807, 2.05) is 29.0 Å². The summed E-state index contributed by atoms with van der Waals surface area (Å²) >= 11 is 1.15. The molecule has 1 N–H and O–H groups in total. The second-order valence-electron chi connectivity index (χ2n) is 12.9. The predicted octanol–water partition coefficient (Wildman–Crippen LogP) is 4.13. The molecule has 0 spiro atoms. The summed E-state index contributed by atoms with van der Waals surface area (Å²) < 4.78 is 52.8. The third-order valence-electron chi connectivity index (χ3n) is 9.64. The number of benzene rings is 1. The van der Waals surface area contributed by atoms with Crippen LogP contribution in [-0.4, -0.2) is 58.6 Å². The van der Waals surface area contributed by atoms with Gasteiger partial charge in [0.2, 0.25) is 15.9 Å². The minimum atomic E-state index is -4.08. The van der Waals surface area contributed by atoms with Crippen molar-refractivity contribution in [3.63, 3.8) is 0 Å². The summed E-state index contributed by atoms with van der Waals surface area (Å²) in [5.41, 5.74) is -1.14. The van der Waals surface area contributed by atoms with Crippen LogP contribution in [0.5, 0.6) is 5.75 Å². The van der Waals surface area contributed by atoms with Crippen LogP contribution in [0, 0.1) is 6.92 Å². The van der Waals surface area contributed by atoms with Crippen LogP contribution in [0.1, 0.15) is 62.7 Å². The number of methoxy groups -OCH3 is 1. The maximum atomic E-state index is 14.5. The van der Waals surface area contributed by atoms with E-state index in [9.17, 15) is 22.8 Å². The minimum Gasteiger partial charge on any atom is -0.496 e. The molecule has 3 aromatic heterocycles. The Hall–Kier alpha value is -4.05. The number of fused-ring (bicyclic) bond motifs is 3. The predicted molar refractivity (Wildman–Crippen MR) is 178 cm³/mol. The Morgan fingerprint density at radius 1 is 1.21 bits per heavy atom. The molecule has 1 aliphatic carbocycles. The number of carbonyl (C=O) groups excluding carboxylic acids is 1. The second kappa shape index (κ2) is 12.1. The number of nitrogens with one attached hydrogen (secondary N) is 1. The quantitative estimate of drug-likeness (QED) is 0.226. The molecule has 2 aliphatic heterocycles. The molecule has 2 saturated heterocycles. The fourth-order valence-electron chi connectivity index (χ4n) is 6.60. The van der Waals surface area contributed by atoms with Gasteiger partial charge in [-0.15, -0.1) is 11.3 Å². The molecular formula is C33H36N4O9S2. The van der Waals surface area contributed by atoms with E-state index in [0.717, 1.165) is 24.2 Å². The van der Waals surface area contributed by atoms with Gasteiger partial charge in [0, 0.05) is 5.56 Å². The van der Waals surface area contributed by atoms with Crippen molar-refractivity contribution < 1.29 is 31.8 Å². The van der Waals surface area contributed by atoms with Crippen molar-refractivity contribution >= 4 is 43.2 Å². The lowest BCUT2D eigenvalue weighted by Crippen LogP contribution is -2.45. The largest absolute Gasteiger partial charge is 0.496 e. The summed E-state index contributed by atoms with van der Waals surface area (Å²) in [5, 5.41) is 0.140. The highest BCUT2D eigenvalue weighted by molar-refractivity contribution is 7.91. The SMILES string of the molecule is C=C(C(=O)NS(=O)(=O)C1(C)CC1)n1c(=O)c2c(C)c(-c3ncco3)sc2n(C[C@H](OC2C[C@H]3CC[C@@H](C2)O3)c2ccccc2OC)c1=O. The van der Waals surface area contributed by atoms with E-state index in [2.05, 4.69) is 11.6 Å². The van der Waals surface area contributed by atoms with Crippen LogP contribution in [-0.2, 0) is 30.8 Å². The van der Waals surface area contributed by atoms with E-state index < -0.39 is 43.7 Å². The Morgan fingerprint density at radius 3 is 2.56 bits per heavy atom. The van der Waals surface area contributed by atoms with Crippen LogP contribution >= 0.6 is 11.3 Å². The molecule has 7 rings (SSSR count). The first-order chi connectivity index (χ1) is 22.9. The molecule has 3 fully saturated rings. The van der Waals surface area contributed by atoms with Crippen molar-refractivity contribution in [2.75, 3.05) is 7.11 Å². The molecule has 13 nitrogen and oxygen atoms in total. The molecule has 3 aliphatic rings. The molecule has 4 aromatic rings. The molecule has 48 heavy (non-hydrogen) atoms. The number of nitrogens with zero attached hydrogens (tertiary/aromatic N) is 3. The van der Waals surface area contributed by atoms with Crippen LogP contribution in [0.15, 0.2) is 57.3 Å². The number of carbonyl (C=O) groups is 1. The summed E-state index contributed by atoms with van der Waals surface area (Å²) in [5.74, 6) is -0.348. The Balaban J connectivity index is 1.37. The number of para-hydroxylation sites is 1. The fraction of sp³-hybridized carbons (Fsp3) is 0.455. The standard InChI is InChI=1S/C33H36N4O9S2/c1-18-26-30(39)37(19(2)28(38)35-48(41,42)33(3)11-12-33)32(40)36(31(26)47-27(18)29-34-13-14-44-29)17-25(23-7-5-6-8-24(23)43-4)46-22-15-20-9-10-21(16-22)45-20/h5-8,13-14,20-22,25H,2,9-12,15-17H2,1,3-4H3,(H,35,38)/t20-,21+,22?,25-/m0/s1. The Kier molecular flexibility index (Phi) is 8.21. The number of rotatable bonds is 11. The number of hydrogen-bond donors (Lipinski definition) is 1. The van der Waals surface area contributed by atoms with Crippen molar-refractivity contribution in [3.05, 3.63) is 75.3 Å². The van der Waals surface area contributed by atoms with Crippen molar-refractivity contribution in [3.8, 4) is 16.5 Å². The van der Waals surface area contributed by atoms with Gasteiger partial charge in [-0.1, -0.05) is 24.8 Å². The molecule has 254 valence electrons. The normalized spacial score (nSPS) is 22.0. The Labute approximate surface area is 280 Å². The summed E-state index contributed by atoms with van der Waals surface area (Å²) in [4.78, 5) is 47.0. The first-order valence-electron chi connectivity index (χ1n) is 15.8. The van der Waals surface area contributed by atoms with E-state index in [-0.39, 0.29) is 36.1 Å². The van der Waals surface area contributed by atoms with Gasteiger partial charge in [0.1, 0.15) is 28.6 Å². The van der Waals surface area contributed by atoms with Crippen molar-refractivity contribution in [1.29, 1.82) is 0 Å². The highest BCUT2D eigenvalue weighted by Gasteiger charge is 2.51. The number of oxazole rings is 1. The third kappa shape index (κ3) is 5.61. The van der Waals surface area contributed by atoms with Gasteiger partial charge in [-0.05, 0) is 64.0 Å². The monoisotopic (exact) mass is 696 g/mol. The van der Waals surface area contributed by atoms with Gasteiger partial charge in [-0.3, -0.25) is 14.2 Å². The van der Waals surface area contributed by atoms with Crippen LogP contribution in [0.3, 0.4) is 0 Å². The average Bonchev–Trinajstić information content (AvgIpc) is 3.35. The first-order valence-corrected chi connectivity index (χ1v) is 18.1. The van der Waals surface area contributed by atoms with E-state index in [1.54, 1.807) is 14.0 Å². The summed E-state index contributed by atoms with van der Waals surface area (Å²) in [7, 11) is -2.53. The number of thiophene rings is 1.